The van der Waals surface area contributed by atoms with Crippen LogP contribution in [0.3, 0.4) is 0 Å². The molecule has 0 bridgehead atoms. The van der Waals surface area contributed by atoms with E-state index in [0.717, 1.165) is 24.0 Å². The predicted octanol–water partition coefficient (Wildman–Crippen LogP) is 7.36. The van der Waals surface area contributed by atoms with Crippen molar-refractivity contribution in [3.8, 4) is 17.6 Å². The first kappa shape index (κ1) is 26.5. The summed E-state index contributed by atoms with van der Waals surface area (Å²) in [7, 11) is 1.57. The van der Waals surface area contributed by atoms with Crippen molar-refractivity contribution in [3.05, 3.63) is 57.1 Å². The van der Waals surface area contributed by atoms with Crippen LogP contribution in [0.4, 0.5) is 5.69 Å². The van der Waals surface area contributed by atoms with Crippen molar-refractivity contribution in [1.82, 2.24) is 0 Å². The van der Waals surface area contributed by atoms with E-state index in [4.69, 9.17) is 9.47 Å². The molecule has 0 fully saturated rings. The molecular weight excluding hydrogens is 480 g/mol. The Morgan fingerprint density at radius 3 is 2.58 bits per heavy atom. The number of rotatable bonds is 12. The van der Waals surface area contributed by atoms with Gasteiger partial charge in [0, 0.05) is 5.69 Å². The lowest BCUT2D eigenvalue weighted by atomic mass is 10.1. The van der Waals surface area contributed by atoms with Crippen LogP contribution in [0.2, 0.25) is 0 Å². The van der Waals surface area contributed by atoms with Gasteiger partial charge < -0.3 is 14.8 Å². The Labute approximate surface area is 205 Å². The molecule has 0 aliphatic carbocycles. The van der Waals surface area contributed by atoms with Crippen molar-refractivity contribution in [2.45, 2.75) is 59.3 Å². The smallest absolute Gasteiger partial charge is 0.266 e. The Hall–Kier alpha value is -2.78. The van der Waals surface area contributed by atoms with E-state index in [1.165, 1.54) is 25.7 Å². The van der Waals surface area contributed by atoms with Gasteiger partial charge in [0.2, 0.25) is 0 Å². The molecule has 0 saturated heterocycles. The van der Waals surface area contributed by atoms with Gasteiger partial charge in [-0.2, -0.15) is 5.26 Å². The fourth-order valence-corrected chi connectivity index (χ4v) is 3.99. The number of amides is 1. The van der Waals surface area contributed by atoms with Gasteiger partial charge in [-0.15, -0.1) is 0 Å². The molecule has 0 unspecified atom stereocenters. The van der Waals surface area contributed by atoms with Crippen LogP contribution in [0.5, 0.6) is 11.5 Å². The molecule has 0 heterocycles. The van der Waals surface area contributed by atoms with Crippen molar-refractivity contribution in [1.29, 1.82) is 5.26 Å². The standard InChI is InChI=1S/C27H33BrN2O3/c1-5-6-7-8-9-10-14-33-26-23(28)16-21(17-25(26)32-4)15-22(18-29)27(31)30-24-13-11-12-19(2)20(24)3/h11-13,15-17H,5-10,14H2,1-4H3,(H,30,31)/b22-15-. The van der Waals surface area contributed by atoms with Crippen molar-refractivity contribution < 1.29 is 14.3 Å². The second-order valence-corrected chi connectivity index (χ2v) is 8.88. The van der Waals surface area contributed by atoms with Gasteiger partial charge in [-0.25, -0.2) is 0 Å². The molecule has 0 atom stereocenters. The molecule has 0 saturated carbocycles. The minimum Gasteiger partial charge on any atom is -0.493 e. The van der Waals surface area contributed by atoms with Crippen LogP contribution in [-0.2, 0) is 4.79 Å². The van der Waals surface area contributed by atoms with Crippen molar-refractivity contribution in [3.63, 3.8) is 0 Å². The molecule has 0 radical (unpaired) electrons. The number of carbonyl (C=O) groups is 1. The molecule has 5 nitrogen and oxygen atoms in total. The number of hydrogen-bond acceptors (Lipinski definition) is 4. The molecular formula is C27H33BrN2O3. The molecule has 33 heavy (non-hydrogen) atoms. The van der Waals surface area contributed by atoms with Gasteiger partial charge in [0.15, 0.2) is 11.5 Å². The predicted molar refractivity (Wildman–Crippen MR) is 138 cm³/mol. The van der Waals surface area contributed by atoms with E-state index in [-0.39, 0.29) is 5.57 Å². The molecule has 0 aliphatic rings. The lowest BCUT2D eigenvalue weighted by molar-refractivity contribution is -0.112. The number of carbonyl (C=O) groups excluding carboxylic acids is 1. The summed E-state index contributed by atoms with van der Waals surface area (Å²) in [6.45, 7) is 6.74. The number of nitrogens with zero attached hydrogens (tertiary/aromatic N) is 1. The Kier molecular flexibility index (Phi) is 11.0. The number of benzene rings is 2. The van der Waals surface area contributed by atoms with Gasteiger partial charge in [-0.1, -0.05) is 51.2 Å². The number of methoxy groups -OCH3 is 1. The Morgan fingerprint density at radius 1 is 1.15 bits per heavy atom. The highest BCUT2D eigenvalue weighted by Gasteiger charge is 2.15. The van der Waals surface area contributed by atoms with E-state index in [9.17, 15) is 10.1 Å². The highest BCUT2D eigenvalue weighted by atomic mass is 79.9. The average Bonchev–Trinajstić information content (AvgIpc) is 2.80. The van der Waals surface area contributed by atoms with E-state index >= 15 is 0 Å². The van der Waals surface area contributed by atoms with Crippen LogP contribution in [0.25, 0.3) is 6.08 Å². The summed E-state index contributed by atoms with van der Waals surface area (Å²) in [5.74, 6) is 0.722. The normalized spacial score (nSPS) is 11.1. The minimum atomic E-state index is -0.454. The number of nitriles is 1. The highest BCUT2D eigenvalue weighted by molar-refractivity contribution is 9.10. The van der Waals surface area contributed by atoms with Gasteiger partial charge >= 0.3 is 0 Å². The number of hydrogen-bond donors (Lipinski definition) is 1. The SMILES string of the molecule is CCCCCCCCOc1c(Br)cc(/C=C(/C#N)C(=O)Nc2cccc(C)c2C)cc1OC. The topological polar surface area (TPSA) is 71.3 Å². The third-order valence-corrected chi connectivity index (χ3v) is 6.11. The number of unbranched alkanes of at least 4 members (excludes halogenated alkanes) is 5. The average molecular weight is 513 g/mol. The van der Waals surface area contributed by atoms with E-state index < -0.39 is 5.91 Å². The number of halogens is 1. The van der Waals surface area contributed by atoms with E-state index in [0.29, 0.717) is 33.8 Å². The lowest BCUT2D eigenvalue weighted by Gasteiger charge is -2.14. The maximum absolute atomic E-state index is 12.7. The molecule has 176 valence electrons. The first-order chi connectivity index (χ1) is 15.9. The van der Waals surface area contributed by atoms with Gasteiger partial charge in [-0.05, 0) is 77.2 Å². The summed E-state index contributed by atoms with van der Waals surface area (Å²) < 4.78 is 12.2. The van der Waals surface area contributed by atoms with E-state index in [1.807, 2.05) is 44.2 Å². The lowest BCUT2D eigenvalue weighted by Crippen LogP contribution is -2.14. The number of anilines is 1. The van der Waals surface area contributed by atoms with Crippen LogP contribution >= 0.6 is 15.9 Å². The summed E-state index contributed by atoms with van der Waals surface area (Å²) in [5.41, 5.74) is 3.40. The maximum atomic E-state index is 12.7. The second-order valence-electron chi connectivity index (χ2n) is 8.02. The zero-order chi connectivity index (χ0) is 24.2. The Morgan fingerprint density at radius 2 is 1.88 bits per heavy atom. The van der Waals surface area contributed by atoms with E-state index in [1.54, 1.807) is 19.3 Å². The third-order valence-electron chi connectivity index (χ3n) is 5.52. The second kappa shape index (κ2) is 13.7. The zero-order valence-electron chi connectivity index (χ0n) is 20.0. The molecule has 0 aromatic heterocycles. The summed E-state index contributed by atoms with van der Waals surface area (Å²) in [6.07, 6.45) is 8.68. The Balaban J connectivity index is 2.11. The summed E-state index contributed by atoms with van der Waals surface area (Å²) >= 11 is 3.54. The first-order valence-corrected chi connectivity index (χ1v) is 12.2. The number of ether oxygens (including phenoxy) is 2. The molecule has 0 aliphatic heterocycles. The zero-order valence-corrected chi connectivity index (χ0v) is 21.5. The van der Waals surface area contributed by atoms with Gasteiger partial charge in [0.25, 0.3) is 5.91 Å². The van der Waals surface area contributed by atoms with Crippen LogP contribution in [-0.4, -0.2) is 19.6 Å². The van der Waals surface area contributed by atoms with Crippen molar-refractivity contribution in [2.24, 2.45) is 0 Å². The van der Waals surface area contributed by atoms with Gasteiger partial charge in [-0.3, -0.25) is 4.79 Å². The van der Waals surface area contributed by atoms with E-state index in [2.05, 4.69) is 28.2 Å². The number of nitrogens with one attached hydrogen (secondary N) is 1. The molecule has 2 aromatic carbocycles. The third kappa shape index (κ3) is 7.94. The fraction of sp³-hybridized carbons (Fsp3) is 0.407. The molecule has 0 spiro atoms. The largest absolute Gasteiger partial charge is 0.493 e. The quantitative estimate of drug-likeness (QED) is 0.183. The van der Waals surface area contributed by atoms with Gasteiger partial charge in [0.05, 0.1) is 18.2 Å². The van der Waals surface area contributed by atoms with Crippen LogP contribution < -0.4 is 14.8 Å². The number of aryl methyl sites for hydroxylation is 1. The highest BCUT2D eigenvalue weighted by Crippen LogP contribution is 2.37. The minimum absolute atomic E-state index is 0.00519. The molecule has 2 rings (SSSR count). The molecule has 2 aromatic rings. The van der Waals surface area contributed by atoms with Crippen LogP contribution in [0, 0.1) is 25.2 Å². The van der Waals surface area contributed by atoms with Crippen molar-refractivity contribution in [2.75, 3.05) is 19.0 Å². The van der Waals surface area contributed by atoms with Crippen molar-refractivity contribution >= 4 is 33.6 Å². The molecule has 1 amide bonds. The summed E-state index contributed by atoms with van der Waals surface area (Å²) in [4.78, 5) is 12.7. The van der Waals surface area contributed by atoms with Gasteiger partial charge in [0.1, 0.15) is 11.6 Å². The maximum Gasteiger partial charge on any atom is 0.266 e. The monoisotopic (exact) mass is 512 g/mol. The summed E-state index contributed by atoms with van der Waals surface area (Å²) in [5, 5.41) is 12.4. The summed E-state index contributed by atoms with van der Waals surface area (Å²) in [6, 6.07) is 11.3. The Bertz CT molecular complexity index is 1020. The molecule has 6 heteroatoms. The van der Waals surface area contributed by atoms with Crippen LogP contribution in [0.1, 0.15) is 62.1 Å². The molecule has 1 N–H and O–H groups in total. The fourth-order valence-electron chi connectivity index (χ4n) is 3.41. The van der Waals surface area contributed by atoms with Crippen LogP contribution in [0.15, 0.2) is 40.4 Å². The first-order valence-electron chi connectivity index (χ1n) is 11.4.